The lowest BCUT2D eigenvalue weighted by Gasteiger charge is -2.34. The van der Waals surface area contributed by atoms with Gasteiger partial charge in [-0.3, -0.25) is 9.69 Å². The molecule has 6 nitrogen and oxygen atoms in total. The minimum atomic E-state index is -3.31. The molecule has 0 unspecified atom stereocenters. The van der Waals surface area contributed by atoms with Crippen LogP contribution < -0.4 is 0 Å². The van der Waals surface area contributed by atoms with Crippen LogP contribution >= 0.6 is 11.3 Å². The van der Waals surface area contributed by atoms with E-state index in [1.807, 2.05) is 18.2 Å². The number of piperazine rings is 1. The lowest BCUT2D eigenvalue weighted by atomic mass is 10.2. The Morgan fingerprint density at radius 3 is 2.45 bits per heavy atom. The summed E-state index contributed by atoms with van der Waals surface area (Å²) in [5.41, 5.74) is 2.17. The van der Waals surface area contributed by atoms with Crippen LogP contribution in [0.5, 0.6) is 0 Å². The van der Waals surface area contributed by atoms with E-state index in [0.29, 0.717) is 25.9 Å². The third-order valence-corrected chi connectivity index (χ3v) is 8.89. The fourth-order valence-electron chi connectivity index (χ4n) is 4.11. The van der Waals surface area contributed by atoms with E-state index in [-0.39, 0.29) is 16.9 Å². The first-order valence-electron chi connectivity index (χ1n) is 10.2. The Labute approximate surface area is 176 Å². The molecular formula is C21H27N3O3S2. The maximum Gasteiger partial charge on any atom is 0.237 e. The second-order valence-corrected chi connectivity index (χ2v) is 11.0. The average Bonchev–Trinajstić information content (AvgIpc) is 3.42. The number of carbonyl (C=O) groups excluding carboxylic acids is 1. The zero-order valence-corrected chi connectivity index (χ0v) is 18.1. The topological polar surface area (TPSA) is 70.6 Å². The molecule has 2 aromatic rings. The summed E-state index contributed by atoms with van der Waals surface area (Å²) < 4.78 is 24.9. The van der Waals surface area contributed by atoms with Crippen LogP contribution in [0.4, 0.5) is 0 Å². The van der Waals surface area contributed by atoms with Crippen molar-refractivity contribution in [3.05, 3.63) is 41.4 Å². The first kappa shape index (κ1) is 20.5. The lowest BCUT2D eigenvalue weighted by molar-refractivity contribution is -0.130. The normalized spacial score (nSPS) is 19.0. The molecule has 2 heterocycles. The summed E-state index contributed by atoms with van der Waals surface area (Å²) in [6.45, 7) is 3.40. The van der Waals surface area contributed by atoms with E-state index >= 15 is 0 Å². The number of benzene rings is 1. The number of aromatic nitrogens is 1. The highest BCUT2D eigenvalue weighted by Crippen LogP contribution is 2.26. The van der Waals surface area contributed by atoms with Gasteiger partial charge in [-0.2, -0.15) is 0 Å². The van der Waals surface area contributed by atoms with Gasteiger partial charge in [0.15, 0.2) is 9.84 Å². The Kier molecular flexibility index (Phi) is 6.32. The zero-order chi connectivity index (χ0) is 20.3. The Morgan fingerprint density at radius 2 is 1.76 bits per heavy atom. The highest BCUT2D eigenvalue weighted by atomic mass is 32.2. The van der Waals surface area contributed by atoms with Crippen LogP contribution in [0.15, 0.2) is 35.7 Å². The van der Waals surface area contributed by atoms with Crippen molar-refractivity contribution >= 4 is 27.1 Å². The molecule has 156 valence electrons. The fourth-order valence-corrected chi connectivity index (χ4v) is 6.74. The van der Waals surface area contributed by atoms with E-state index in [0.717, 1.165) is 48.7 Å². The standard InChI is InChI=1S/C21H27N3O3S2/c25-20(16-29(26,27)19-8-4-5-9-19)24-12-10-23(11-13-24)14-18-15-28-21(22-18)17-6-2-1-3-7-17/h1-3,6-7,15,19H,4-5,8-14,16H2. The highest BCUT2D eigenvalue weighted by molar-refractivity contribution is 7.92. The Morgan fingerprint density at radius 1 is 1.07 bits per heavy atom. The van der Waals surface area contributed by atoms with Crippen LogP contribution in [0.1, 0.15) is 31.4 Å². The van der Waals surface area contributed by atoms with Crippen LogP contribution in [-0.2, 0) is 21.2 Å². The van der Waals surface area contributed by atoms with Crippen molar-refractivity contribution in [2.45, 2.75) is 37.5 Å². The van der Waals surface area contributed by atoms with Crippen molar-refractivity contribution in [2.75, 3.05) is 31.9 Å². The van der Waals surface area contributed by atoms with E-state index < -0.39 is 9.84 Å². The summed E-state index contributed by atoms with van der Waals surface area (Å²) in [5, 5.41) is 2.80. The van der Waals surface area contributed by atoms with Gasteiger partial charge in [0.2, 0.25) is 5.91 Å². The predicted molar refractivity (Wildman–Crippen MR) is 115 cm³/mol. The van der Waals surface area contributed by atoms with Gasteiger partial charge in [-0.1, -0.05) is 43.2 Å². The van der Waals surface area contributed by atoms with Crippen LogP contribution in [0.2, 0.25) is 0 Å². The van der Waals surface area contributed by atoms with Gasteiger partial charge >= 0.3 is 0 Å². The van der Waals surface area contributed by atoms with Gasteiger partial charge in [-0.15, -0.1) is 11.3 Å². The average molecular weight is 434 g/mol. The van der Waals surface area contributed by atoms with E-state index in [2.05, 4.69) is 22.4 Å². The minimum absolute atomic E-state index is 0.239. The maximum atomic E-state index is 12.5. The lowest BCUT2D eigenvalue weighted by Crippen LogP contribution is -2.50. The van der Waals surface area contributed by atoms with E-state index in [4.69, 9.17) is 4.98 Å². The van der Waals surface area contributed by atoms with Gasteiger partial charge in [0.05, 0.1) is 10.9 Å². The van der Waals surface area contributed by atoms with Gasteiger partial charge in [-0.05, 0) is 12.8 Å². The van der Waals surface area contributed by atoms with Crippen molar-refractivity contribution in [1.29, 1.82) is 0 Å². The quantitative estimate of drug-likeness (QED) is 0.701. The van der Waals surface area contributed by atoms with Crippen molar-refractivity contribution in [2.24, 2.45) is 0 Å². The Balaban J connectivity index is 1.27. The van der Waals surface area contributed by atoms with Crippen molar-refractivity contribution in [1.82, 2.24) is 14.8 Å². The fraction of sp³-hybridized carbons (Fsp3) is 0.524. The van der Waals surface area contributed by atoms with Crippen LogP contribution in [0.3, 0.4) is 0 Å². The van der Waals surface area contributed by atoms with Gasteiger partial charge < -0.3 is 4.90 Å². The highest BCUT2D eigenvalue weighted by Gasteiger charge is 2.33. The molecule has 1 aliphatic heterocycles. The Bertz CT molecular complexity index is 929. The number of hydrogen-bond donors (Lipinski definition) is 0. The molecule has 2 fully saturated rings. The molecule has 29 heavy (non-hydrogen) atoms. The molecule has 1 saturated heterocycles. The van der Waals surface area contributed by atoms with E-state index in [9.17, 15) is 13.2 Å². The third kappa shape index (κ3) is 5.05. The van der Waals surface area contributed by atoms with Crippen molar-refractivity contribution in [3.63, 3.8) is 0 Å². The monoisotopic (exact) mass is 433 g/mol. The SMILES string of the molecule is O=C(CS(=O)(=O)C1CCCC1)N1CCN(Cc2csc(-c3ccccc3)n2)CC1. The summed E-state index contributed by atoms with van der Waals surface area (Å²) in [6.07, 6.45) is 3.34. The number of carbonyl (C=O) groups is 1. The predicted octanol–water partition coefficient (Wildman–Crippen LogP) is 2.81. The molecule has 0 atom stereocenters. The Hall–Kier alpha value is -1.77. The molecule has 8 heteroatoms. The molecule has 0 radical (unpaired) electrons. The first-order chi connectivity index (χ1) is 14.0. The molecule has 0 spiro atoms. The number of thiazole rings is 1. The van der Waals surface area contributed by atoms with E-state index in [1.165, 1.54) is 0 Å². The van der Waals surface area contributed by atoms with Crippen LogP contribution in [0, 0.1) is 0 Å². The minimum Gasteiger partial charge on any atom is -0.339 e. The second kappa shape index (κ2) is 8.93. The van der Waals surface area contributed by atoms with Gasteiger partial charge in [0.25, 0.3) is 0 Å². The molecule has 0 N–H and O–H groups in total. The maximum absolute atomic E-state index is 12.5. The third-order valence-electron chi connectivity index (χ3n) is 5.82. The molecular weight excluding hydrogens is 406 g/mol. The summed E-state index contributed by atoms with van der Waals surface area (Å²) in [6, 6.07) is 10.1. The number of sulfone groups is 1. The van der Waals surface area contributed by atoms with Crippen LogP contribution in [0.25, 0.3) is 10.6 Å². The van der Waals surface area contributed by atoms with Gasteiger partial charge in [-0.25, -0.2) is 13.4 Å². The molecule has 1 aromatic heterocycles. The summed E-state index contributed by atoms with van der Waals surface area (Å²) in [7, 11) is -3.31. The van der Waals surface area contributed by atoms with Crippen LogP contribution in [-0.4, -0.2) is 66.3 Å². The molecule has 1 aliphatic carbocycles. The summed E-state index contributed by atoms with van der Waals surface area (Å²) in [5.74, 6) is -0.568. The number of nitrogens with zero attached hydrogens (tertiary/aromatic N) is 3. The van der Waals surface area contributed by atoms with Gasteiger partial charge in [0.1, 0.15) is 10.8 Å². The molecule has 4 rings (SSSR count). The zero-order valence-electron chi connectivity index (χ0n) is 16.5. The first-order valence-corrected chi connectivity index (χ1v) is 12.8. The van der Waals surface area contributed by atoms with Crippen molar-refractivity contribution < 1.29 is 13.2 Å². The van der Waals surface area contributed by atoms with E-state index in [1.54, 1.807) is 16.2 Å². The summed E-state index contributed by atoms with van der Waals surface area (Å²) in [4.78, 5) is 21.2. The molecule has 0 bridgehead atoms. The van der Waals surface area contributed by atoms with Gasteiger partial charge in [0, 0.05) is 43.7 Å². The number of hydrogen-bond acceptors (Lipinski definition) is 6. The molecule has 1 amide bonds. The van der Waals surface area contributed by atoms with Crippen molar-refractivity contribution in [3.8, 4) is 10.6 Å². The molecule has 1 saturated carbocycles. The number of amides is 1. The largest absolute Gasteiger partial charge is 0.339 e. The summed E-state index contributed by atoms with van der Waals surface area (Å²) >= 11 is 1.65. The second-order valence-electron chi connectivity index (χ2n) is 7.88. The number of rotatable bonds is 6. The molecule has 2 aliphatic rings. The molecule has 1 aromatic carbocycles. The smallest absolute Gasteiger partial charge is 0.237 e.